The topological polar surface area (TPSA) is 91.1 Å². The van der Waals surface area contributed by atoms with Crippen molar-refractivity contribution in [3.8, 4) is 11.5 Å². The highest BCUT2D eigenvalue weighted by Gasteiger charge is 2.14. The van der Waals surface area contributed by atoms with Crippen molar-refractivity contribution in [2.45, 2.75) is 19.4 Å². The van der Waals surface area contributed by atoms with E-state index in [1.54, 1.807) is 24.5 Å². The number of furan rings is 1. The Morgan fingerprint density at radius 2 is 2.50 bits per heavy atom. The van der Waals surface area contributed by atoms with Crippen LogP contribution in [-0.4, -0.2) is 33.9 Å². The van der Waals surface area contributed by atoms with Crippen LogP contribution in [0.2, 0.25) is 0 Å². The van der Waals surface area contributed by atoms with E-state index in [2.05, 4.69) is 15.5 Å². The maximum atomic E-state index is 11.8. The van der Waals surface area contributed by atoms with Crippen LogP contribution in [0.15, 0.2) is 28.9 Å². The van der Waals surface area contributed by atoms with Gasteiger partial charge >= 0.3 is 0 Å². The third kappa shape index (κ3) is 2.78. The number of amides is 1. The highest BCUT2D eigenvalue weighted by molar-refractivity contribution is 5.93. The Kier molecular flexibility index (Phi) is 3.78. The molecule has 2 heterocycles. The summed E-state index contributed by atoms with van der Waals surface area (Å²) < 4.78 is 5.20. The van der Waals surface area contributed by atoms with Gasteiger partial charge in [0.1, 0.15) is 5.69 Å². The van der Waals surface area contributed by atoms with Gasteiger partial charge in [-0.15, -0.1) is 0 Å². The third-order valence-corrected chi connectivity index (χ3v) is 2.54. The minimum Gasteiger partial charge on any atom is -0.463 e. The fraction of sp³-hybridized carbons (Fsp3) is 0.333. The molecule has 2 aromatic heterocycles. The molecule has 0 bridgehead atoms. The van der Waals surface area contributed by atoms with E-state index in [9.17, 15) is 4.79 Å². The zero-order chi connectivity index (χ0) is 13.0. The van der Waals surface area contributed by atoms with Gasteiger partial charge in [-0.25, -0.2) is 0 Å². The summed E-state index contributed by atoms with van der Waals surface area (Å²) >= 11 is 0. The number of aromatic nitrogens is 2. The van der Waals surface area contributed by atoms with Crippen LogP contribution >= 0.6 is 0 Å². The van der Waals surface area contributed by atoms with Crippen LogP contribution in [-0.2, 0) is 0 Å². The maximum absolute atomic E-state index is 11.8. The van der Waals surface area contributed by atoms with Gasteiger partial charge in [0.05, 0.1) is 6.26 Å². The Morgan fingerprint density at radius 3 is 3.17 bits per heavy atom. The van der Waals surface area contributed by atoms with E-state index in [1.807, 2.05) is 6.92 Å². The molecular formula is C12H15N3O3. The molecule has 1 atom stereocenters. The summed E-state index contributed by atoms with van der Waals surface area (Å²) in [5, 5.41) is 18.2. The number of aliphatic hydroxyl groups excluding tert-OH is 1. The number of hydrogen-bond donors (Lipinski definition) is 3. The summed E-state index contributed by atoms with van der Waals surface area (Å²) in [4.78, 5) is 11.8. The molecular weight excluding hydrogens is 234 g/mol. The number of aromatic amines is 1. The summed E-state index contributed by atoms with van der Waals surface area (Å²) in [5.41, 5.74) is 0.950. The monoisotopic (exact) mass is 249 g/mol. The second kappa shape index (κ2) is 5.50. The summed E-state index contributed by atoms with van der Waals surface area (Å²) in [6.07, 6.45) is 2.07. The Morgan fingerprint density at radius 1 is 1.67 bits per heavy atom. The van der Waals surface area contributed by atoms with Crippen LogP contribution in [0.25, 0.3) is 11.5 Å². The van der Waals surface area contributed by atoms with Crippen molar-refractivity contribution in [1.29, 1.82) is 0 Å². The highest BCUT2D eigenvalue weighted by Crippen LogP contribution is 2.17. The maximum Gasteiger partial charge on any atom is 0.272 e. The van der Waals surface area contributed by atoms with Crippen LogP contribution in [0.4, 0.5) is 0 Å². The molecule has 0 radical (unpaired) electrons. The molecule has 6 nitrogen and oxygen atoms in total. The molecule has 6 heteroatoms. The van der Waals surface area contributed by atoms with Crippen LogP contribution < -0.4 is 5.32 Å². The Balaban J connectivity index is 2.04. The summed E-state index contributed by atoms with van der Waals surface area (Å²) in [5.74, 6) is 0.356. The lowest BCUT2D eigenvalue weighted by Crippen LogP contribution is -2.33. The van der Waals surface area contributed by atoms with E-state index in [4.69, 9.17) is 9.52 Å². The van der Waals surface area contributed by atoms with Gasteiger partial charge in [-0.05, 0) is 25.5 Å². The lowest BCUT2D eigenvalue weighted by Gasteiger charge is -2.10. The molecule has 0 aliphatic rings. The zero-order valence-corrected chi connectivity index (χ0v) is 10.0. The number of aliphatic hydroxyl groups is 1. The molecule has 3 N–H and O–H groups in total. The predicted molar refractivity (Wildman–Crippen MR) is 64.9 cm³/mol. The van der Waals surface area contributed by atoms with Crippen LogP contribution in [0, 0.1) is 0 Å². The normalized spacial score (nSPS) is 12.3. The van der Waals surface area contributed by atoms with Gasteiger partial charge in [-0.1, -0.05) is 0 Å². The molecule has 0 saturated heterocycles. The Bertz CT molecular complexity index is 504. The largest absolute Gasteiger partial charge is 0.463 e. The third-order valence-electron chi connectivity index (χ3n) is 2.54. The molecule has 96 valence electrons. The van der Waals surface area contributed by atoms with Crippen LogP contribution in [0.3, 0.4) is 0 Å². The first kappa shape index (κ1) is 12.4. The van der Waals surface area contributed by atoms with Crippen molar-refractivity contribution in [3.05, 3.63) is 30.2 Å². The molecule has 1 amide bonds. The van der Waals surface area contributed by atoms with Gasteiger partial charge in [0.25, 0.3) is 5.91 Å². The average molecular weight is 249 g/mol. The quantitative estimate of drug-likeness (QED) is 0.741. The molecule has 2 rings (SSSR count). The summed E-state index contributed by atoms with van der Waals surface area (Å²) in [7, 11) is 0. The molecule has 0 fully saturated rings. The van der Waals surface area contributed by atoms with Gasteiger partial charge in [0, 0.05) is 18.7 Å². The fourth-order valence-electron chi connectivity index (χ4n) is 1.56. The SMILES string of the molecule is CC(CCO)NC(=O)c1cc(-c2ccco2)[nH]n1. The number of H-pyrrole nitrogens is 1. The molecule has 2 aromatic rings. The van der Waals surface area contributed by atoms with Gasteiger partial charge in [0.15, 0.2) is 11.5 Å². The first-order valence-corrected chi connectivity index (χ1v) is 5.71. The first-order valence-electron chi connectivity index (χ1n) is 5.71. The van der Waals surface area contributed by atoms with Gasteiger partial charge in [-0.3, -0.25) is 9.89 Å². The van der Waals surface area contributed by atoms with Crippen molar-refractivity contribution in [2.75, 3.05) is 6.61 Å². The Hall–Kier alpha value is -2.08. The second-order valence-electron chi connectivity index (χ2n) is 4.03. The smallest absolute Gasteiger partial charge is 0.272 e. The van der Waals surface area contributed by atoms with Crippen molar-refractivity contribution < 1.29 is 14.3 Å². The summed E-state index contributed by atoms with van der Waals surface area (Å²) in [6.45, 7) is 1.87. The van der Waals surface area contributed by atoms with Crippen molar-refractivity contribution >= 4 is 5.91 Å². The number of rotatable bonds is 5. The number of nitrogens with one attached hydrogen (secondary N) is 2. The van der Waals surface area contributed by atoms with E-state index < -0.39 is 0 Å². The minimum absolute atomic E-state index is 0.0413. The molecule has 0 saturated carbocycles. The molecule has 0 aliphatic heterocycles. The van der Waals surface area contributed by atoms with Crippen molar-refractivity contribution in [3.63, 3.8) is 0 Å². The van der Waals surface area contributed by atoms with E-state index in [0.717, 1.165) is 0 Å². The fourth-order valence-corrected chi connectivity index (χ4v) is 1.56. The molecule has 1 unspecified atom stereocenters. The molecule has 0 aromatic carbocycles. The summed E-state index contributed by atoms with van der Waals surface area (Å²) in [6, 6.07) is 5.08. The highest BCUT2D eigenvalue weighted by atomic mass is 16.3. The number of hydrogen-bond acceptors (Lipinski definition) is 4. The number of nitrogens with zero attached hydrogens (tertiary/aromatic N) is 1. The number of carbonyl (C=O) groups is 1. The van der Waals surface area contributed by atoms with Crippen LogP contribution in [0.5, 0.6) is 0 Å². The van der Waals surface area contributed by atoms with E-state index >= 15 is 0 Å². The predicted octanol–water partition coefficient (Wildman–Crippen LogP) is 1.17. The van der Waals surface area contributed by atoms with Crippen molar-refractivity contribution in [2.24, 2.45) is 0 Å². The number of carbonyl (C=O) groups excluding carboxylic acids is 1. The Labute approximate surface area is 104 Å². The lowest BCUT2D eigenvalue weighted by atomic mass is 10.2. The molecule has 0 aliphatic carbocycles. The second-order valence-corrected chi connectivity index (χ2v) is 4.03. The standard InChI is InChI=1S/C12H15N3O3/c1-8(4-5-16)13-12(17)10-7-9(14-15-10)11-3-2-6-18-11/h2-3,6-8,16H,4-5H2,1H3,(H,13,17)(H,14,15). The average Bonchev–Trinajstić information content (AvgIpc) is 3.00. The van der Waals surface area contributed by atoms with Gasteiger partial charge in [0.2, 0.25) is 0 Å². The lowest BCUT2D eigenvalue weighted by molar-refractivity contribution is 0.0929. The van der Waals surface area contributed by atoms with Crippen molar-refractivity contribution in [1.82, 2.24) is 15.5 Å². The first-order chi connectivity index (χ1) is 8.70. The molecule has 0 spiro atoms. The van der Waals surface area contributed by atoms with E-state index in [1.165, 1.54) is 0 Å². The minimum atomic E-state index is -0.273. The molecule has 18 heavy (non-hydrogen) atoms. The van der Waals surface area contributed by atoms with Gasteiger partial charge in [-0.2, -0.15) is 5.10 Å². The van der Waals surface area contributed by atoms with Gasteiger partial charge < -0.3 is 14.8 Å². The van der Waals surface area contributed by atoms with Crippen LogP contribution in [0.1, 0.15) is 23.8 Å². The zero-order valence-electron chi connectivity index (χ0n) is 10.0. The van der Waals surface area contributed by atoms with E-state index in [0.29, 0.717) is 23.6 Å². The van der Waals surface area contributed by atoms with E-state index in [-0.39, 0.29) is 18.6 Å².